The molecule has 1 aliphatic heterocycles. The molecule has 1 fully saturated rings. The van der Waals surface area contributed by atoms with Crippen LogP contribution in [0.15, 0.2) is 18.3 Å². The monoisotopic (exact) mass is 261 g/mol. The van der Waals surface area contributed by atoms with E-state index in [1.807, 2.05) is 19.1 Å². The number of nitrogens with zero attached hydrogens (tertiary/aromatic N) is 2. The fourth-order valence-corrected chi connectivity index (χ4v) is 2.51. The lowest BCUT2D eigenvalue weighted by molar-refractivity contribution is 0.0951. The highest BCUT2D eigenvalue weighted by molar-refractivity contribution is 5.93. The van der Waals surface area contributed by atoms with Crippen molar-refractivity contribution in [1.29, 1.82) is 0 Å². The number of carbonyl (C=O) groups excluding carboxylic acids is 1. The van der Waals surface area contributed by atoms with Gasteiger partial charge in [0.2, 0.25) is 0 Å². The molecular weight excluding hydrogens is 238 g/mol. The zero-order valence-electron chi connectivity index (χ0n) is 11.9. The van der Waals surface area contributed by atoms with Crippen LogP contribution < -0.4 is 10.2 Å². The summed E-state index contributed by atoms with van der Waals surface area (Å²) in [5, 5.41) is 2.79. The minimum atomic E-state index is -0.0902. The van der Waals surface area contributed by atoms with Crippen LogP contribution in [-0.4, -0.2) is 30.5 Å². The third-order valence-corrected chi connectivity index (χ3v) is 3.70. The lowest BCUT2D eigenvalue weighted by Gasteiger charge is -2.23. The fourth-order valence-electron chi connectivity index (χ4n) is 2.51. The summed E-state index contributed by atoms with van der Waals surface area (Å²) in [6.07, 6.45) is 5.47. The van der Waals surface area contributed by atoms with Gasteiger partial charge in [-0.1, -0.05) is 6.92 Å². The normalized spacial score (nSPS) is 19.9. The number of hydrogen-bond acceptors (Lipinski definition) is 3. The van der Waals surface area contributed by atoms with Crippen LogP contribution in [0.1, 0.15) is 43.6 Å². The number of anilines is 1. The highest BCUT2D eigenvalue weighted by Crippen LogP contribution is 2.22. The number of nitrogens with one attached hydrogen (secondary N) is 1. The zero-order valence-corrected chi connectivity index (χ0v) is 11.9. The summed E-state index contributed by atoms with van der Waals surface area (Å²) in [5.74, 6) is 0.710. The van der Waals surface area contributed by atoms with Gasteiger partial charge < -0.3 is 10.2 Å². The first-order valence-electron chi connectivity index (χ1n) is 7.20. The van der Waals surface area contributed by atoms with Gasteiger partial charge in [0.1, 0.15) is 5.69 Å². The topological polar surface area (TPSA) is 45.2 Å². The second-order valence-corrected chi connectivity index (χ2v) is 5.28. The molecule has 0 spiro atoms. The number of amides is 1. The van der Waals surface area contributed by atoms with Gasteiger partial charge >= 0.3 is 0 Å². The molecule has 1 N–H and O–H groups in total. The van der Waals surface area contributed by atoms with Crippen LogP contribution in [0.2, 0.25) is 0 Å². The highest BCUT2D eigenvalue weighted by atomic mass is 16.1. The van der Waals surface area contributed by atoms with Crippen LogP contribution in [0.3, 0.4) is 0 Å². The maximum atomic E-state index is 11.8. The molecular formula is C15H23N3O. The molecule has 2 heterocycles. The Balaban J connectivity index is 2.11. The predicted octanol–water partition coefficient (Wildman–Crippen LogP) is 2.46. The molecule has 0 unspecified atom stereocenters. The maximum absolute atomic E-state index is 11.8. The van der Waals surface area contributed by atoms with Crippen molar-refractivity contribution in [2.45, 2.75) is 33.1 Å². The summed E-state index contributed by atoms with van der Waals surface area (Å²) in [6, 6.07) is 3.90. The van der Waals surface area contributed by atoms with Gasteiger partial charge in [-0.25, -0.2) is 0 Å². The molecule has 104 valence electrons. The Bertz CT molecular complexity index is 433. The summed E-state index contributed by atoms with van der Waals surface area (Å²) in [4.78, 5) is 18.3. The highest BCUT2D eigenvalue weighted by Gasteiger charge is 2.15. The number of carbonyl (C=O) groups is 1. The van der Waals surface area contributed by atoms with E-state index in [9.17, 15) is 4.79 Å². The van der Waals surface area contributed by atoms with Crippen LogP contribution >= 0.6 is 0 Å². The van der Waals surface area contributed by atoms with Crippen molar-refractivity contribution in [3.05, 3.63) is 24.0 Å². The lowest BCUT2D eigenvalue weighted by atomic mass is 10.0. The largest absolute Gasteiger partial charge is 0.371 e. The smallest absolute Gasteiger partial charge is 0.269 e. The first-order chi connectivity index (χ1) is 9.20. The Morgan fingerprint density at radius 3 is 3.11 bits per heavy atom. The molecule has 1 aliphatic rings. The Labute approximate surface area is 115 Å². The quantitative estimate of drug-likeness (QED) is 0.909. The van der Waals surface area contributed by atoms with Gasteiger partial charge in [-0.2, -0.15) is 0 Å². The maximum Gasteiger partial charge on any atom is 0.269 e. The number of pyridine rings is 1. The Morgan fingerprint density at radius 1 is 1.47 bits per heavy atom. The minimum Gasteiger partial charge on any atom is -0.371 e. The molecule has 1 saturated heterocycles. The fraction of sp³-hybridized carbons (Fsp3) is 0.600. The van der Waals surface area contributed by atoms with E-state index in [4.69, 9.17) is 0 Å². The number of rotatable bonds is 3. The molecule has 1 amide bonds. The Hall–Kier alpha value is -1.58. The summed E-state index contributed by atoms with van der Waals surface area (Å²) >= 11 is 0. The minimum absolute atomic E-state index is 0.0902. The van der Waals surface area contributed by atoms with Crippen LogP contribution in [0.4, 0.5) is 5.69 Å². The molecule has 1 atom stereocenters. The number of hydrogen-bond donors (Lipinski definition) is 1. The summed E-state index contributed by atoms with van der Waals surface area (Å²) in [7, 11) is 0. The molecule has 4 heteroatoms. The second-order valence-electron chi connectivity index (χ2n) is 5.28. The van der Waals surface area contributed by atoms with Crippen molar-refractivity contribution in [2.24, 2.45) is 5.92 Å². The first-order valence-corrected chi connectivity index (χ1v) is 7.20. The average molecular weight is 261 g/mol. The van der Waals surface area contributed by atoms with Crippen molar-refractivity contribution < 1.29 is 4.79 Å². The molecule has 19 heavy (non-hydrogen) atoms. The van der Waals surface area contributed by atoms with E-state index in [1.165, 1.54) is 19.3 Å². The van der Waals surface area contributed by atoms with Crippen molar-refractivity contribution in [3.63, 3.8) is 0 Å². The SMILES string of the molecule is CCNC(=O)c1cc(N2CCC[C@H](C)CC2)ccn1. The lowest BCUT2D eigenvalue weighted by Crippen LogP contribution is -2.26. The molecule has 0 radical (unpaired) electrons. The third kappa shape index (κ3) is 3.69. The van der Waals surface area contributed by atoms with Gasteiger partial charge in [0.15, 0.2) is 0 Å². The van der Waals surface area contributed by atoms with E-state index in [-0.39, 0.29) is 5.91 Å². The van der Waals surface area contributed by atoms with Crippen LogP contribution in [0.5, 0.6) is 0 Å². The molecule has 0 aliphatic carbocycles. The first kappa shape index (κ1) is 13.8. The molecule has 1 aromatic heterocycles. The van der Waals surface area contributed by atoms with Gasteiger partial charge in [-0.15, -0.1) is 0 Å². The van der Waals surface area contributed by atoms with E-state index < -0.39 is 0 Å². The van der Waals surface area contributed by atoms with E-state index >= 15 is 0 Å². The Kier molecular flexibility index (Phi) is 4.77. The standard InChI is InChI=1S/C15H23N3O/c1-3-16-15(19)14-11-13(6-8-17-14)18-9-4-5-12(2)7-10-18/h6,8,11-12H,3-5,7,9-10H2,1-2H3,(H,16,19)/t12-/m0/s1. The summed E-state index contributed by atoms with van der Waals surface area (Å²) in [5.41, 5.74) is 1.63. The van der Waals surface area contributed by atoms with Gasteiger partial charge in [0, 0.05) is 31.5 Å². The van der Waals surface area contributed by atoms with Crippen LogP contribution in [-0.2, 0) is 0 Å². The molecule has 0 saturated carbocycles. The van der Waals surface area contributed by atoms with Crippen molar-refractivity contribution in [1.82, 2.24) is 10.3 Å². The summed E-state index contributed by atoms with van der Waals surface area (Å²) in [6.45, 7) is 7.00. The van der Waals surface area contributed by atoms with Gasteiger partial charge in [-0.05, 0) is 44.2 Å². The van der Waals surface area contributed by atoms with E-state index in [1.54, 1.807) is 6.20 Å². The van der Waals surface area contributed by atoms with E-state index in [0.717, 1.165) is 24.7 Å². The van der Waals surface area contributed by atoms with Crippen molar-refractivity contribution in [3.8, 4) is 0 Å². The third-order valence-electron chi connectivity index (χ3n) is 3.70. The molecule has 1 aromatic rings. The van der Waals surface area contributed by atoms with Crippen LogP contribution in [0.25, 0.3) is 0 Å². The van der Waals surface area contributed by atoms with E-state index in [2.05, 4.69) is 22.1 Å². The summed E-state index contributed by atoms with van der Waals surface area (Å²) < 4.78 is 0. The van der Waals surface area contributed by atoms with Gasteiger partial charge in [0.05, 0.1) is 0 Å². The zero-order chi connectivity index (χ0) is 13.7. The molecule has 2 rings (SSSR count). The van der Waals surface area contributed by atoms with Crippen molar-refractivity contribution in [2.75, 3.05) is 24.5 Å². The van der Waals surface area contributed by atoms with E-state index in [0.29, 0.717) is 12.2 Å². The number of aromatic nitrogens is 1. The second kappa shape index (κ2) is 6.55. The Morgan fingerprint density at radius 2 is 2.32 bits per heavy atom. The average Bonchev–Trinajstić information content (AvgIpc) is 2.64. The molecule has 0 bridgehead atoms. The van der Waals surface area contributed by atoms with Crippen molar-refractivity contribution >= 4 is 11.6 Å². The molecule has 0 aromatic carbocycles. The van der Waals surface area contributed by atoms with Crippen LogP contribution in [0, 0.1) is 5.92 Å². The van der Waals surface area contributed by atoms with Gasteiger partial charge in [-0.3, -0.25) is 9.78 Å². The molecule has 4 nitrogen and oxygen atoms in total. The predicted molar refractivity (Wildman–Crippen MR) is 77.5 cm³/mol. The van der Waals surface area contributed by atoms with Gasteiger partial charge in [0.25, 0.3) is 5.91 Å².